The molecule has 0 heterocycles. The molecule has 0 spiro atoms. The van der Waals surface area contributed by atoms with Crippen LogP contribution in [0.4, 0.5) is 0 Å². The lowest BCUT2D eigenvalue weighted by Gasteiger charge is -2.14. The Labute approximate surface area is 120 Å². The van der Waals surface area contributed by atoms with Crippen LogP contribution in [-0.2, 0) is 16.6 Å². The topological polar surface area (TPSA) is 40.9 Å². The van der Waals surface area contributed by atoms with Crippen molar-refractivity contribution in [1.29, 1.82) is 5.26 Å². The second-order valence-electron chi connectivity index (χ2n) is 4.73. The Hall–Kier alpha value is -0.560. The molecule has 0 saturated heterocycles. The Balaban J connectivity index is 2.64. The van der Waals surface area contributed by atoms with E-state index in [0.717, 1.165) is 0 Å². The van der Waals surface area contributed by atoms with Crippen LogP contribution in [0.1, 0.15) is 25.8 Å². The summed E-state index contributed by atoms with van der Waals surface area (Å²) in [5.41, 5.74) is 0.272. The summed E-state index contributed by atoms with van der Waals surface area (Å²) in [6, 6.07) is 7.43. The lowest BCUT2D eigenvalue weighted by atomic mass is 9.93. The molecule has 0 bridgehead atoms. The smallest absolute Gasteiger partial charge is 0.0684 e. The Morgan fingerprint density at radius 2 is 1.89 bits per heavy atom. The van der Waals surface area contributed by atoms with Gasteiger partial charge in [0, 0.05) is 32.2 Å². The van der Waals surface area contributed by atoms with Gasteiger partial charge in [0.2, 0.25) is 0 Å². The summed E-state index contributed by atoms with van der Waals surface area (Å²) in [6.07, 6.45) is 0.595. The third-order valence-electron chi connectivity index (χ3n) is 2.62. The van der Waals surface area contributed by atoms with Crippen LogP contribution in [0.5, 0.6) is 0 Å². The lowest BCUT2D eigenvalue weighted by Crippen LogP contribution is -2.13. The van der Waals surface area contributed by atoms with E-state index >= 15 is 0 Å². The number of hydrogen-bond acceptors (Lipinski definition) is 2. The minimum atomic E-state index is -1.06. The fraction of sp³-hybridized carbons (Fsp3) is 0.462. The van der Waals surface area contributed by atoms with E-state index in [1.165, 1.54) is 0 Å². The van der Waals surface area contributed by atoms with E-state index in [0.29, 0.717) is 33.5 Å². The average molecular weight is 304 g/mol. The predicted octanol–water partition coefficient (Wildman–Crippen LogP) is 4.18. The van der Waals surface area contributed by atoms with Crippen molar-refractivity contribution in [3.05, 3.63) is 33.8 Å². The largest absolute Gasteiger partial charge is 0.259 e. The van der Waals surface area contributed by atoms with Crippen LogP contribution in [-0.4, -0.2) is 9.96 Å². The maximum Gasteiger partial charge on any atom is 0.0684 e. The van der Waals surface area contributed by atoms with Crippen molar-refractivity contribution in [1.82, 2.24) is 0 Å². The third-order valence-corrected chi connectivity index (χ3v) is 4.60. The van der Waals surface area contributed by atoms with Gasteiger partial charge in [-0.1, -0.05) is 29.3 Å². The van der Waals surface area contributed by atoms with Crippen molar-refractivity contribution < 1.29 is 4.21 Å². The van der Waals surface area contributed by atoms with E-state index in [4.69, 9.17) is 28.5 Å². The van der Waals surface area contributed by atoms with Gasteiger partial charge in [0.05, 0.1) is 17.2 Å². The zero-order valence-electron chi connectivity index (χ0n) is 10.4. The molecule has 1 rings (SSSR count). The number of nitriles is 1. The molecule has 5 heteroatoms. The molecule has 0 saturated carbocycles. The van der Waals surface area contributed by atoms with Crippen molar-refractivity contribution in [2.75, 3.05) is 5.75 Å². The van der Waals surface area contributed by atoms with Gasteiger partial charge in [0.25, 0.3) is 0 Å². The highest BCUT2D eigenvalue weighted by atomic mass is 35.5. The first kappa shape index (κ1) is 15.5. The lowest BCUT2D eigenvalue weighted by molar-refractivity contribution is 0.479. The normalized spacial score (nSPS) is 13.1. The molecule has 2 nitrogen and oxygen atoms in total. The maximum absolute atomic E-state index is 12.0. The minimum Gasteiger partial charge on any atom is -0.259 e. The predicted molar refractivity (Wildman–Crippen MR) is 77.2 cm³/mol. The number of halogens is 2. The molecule has 0 amide bonds. The van der Waals surface area contributed by atoms with E-state index in [-0.39, 0.29) is 0 Å². The van der Waals surface area contributed by atoms with E-state index in [1.54, 1.807) is 18.2 Å². The van der Waals surface area contributed by atoms with Gasteiger partial charge < -0.3 is 0 Å². The van der Waals surface area contributed by atoms with Gasteiger partial charge in [-0.3, -0.25) is 4.21 Å². The fourth-order valence-corrected chi connectivity index (χ4v) is 3.53. The van der Waals surface area contributed by atoms with Crippen molar-refractivity contribution in [2.45, 2.75) is 26.0 Å². The first-order chi connectivity index (χ1) is 8.35. The molecule has 0 N–H and O–H groups in total. The van der Waals surface area contributed by atoms with E-state index in [9.17, 15) is 4.21 Å². The second kappa shape index (κ2) is 6.56. The quantitative estimate of drug-likeness (QED) is 0.818. The van der Waals surface area contributed by atoms with Crippen LogP contribution < -0.4 is 0 Å². The van der Waals surface area contributed by atoms with Crippen LogP contribution in [0, 0.1) is 16.7 Å². The van der Waals surface area contributed by atoms with E-state index in [2.05, 4.69) is 6.07 Å². The molecule has 0 aromatic heterocycles. The summed E-state index contributed by atoms with van der Waals surface area (Å²) in [5.74, 6) is 0.808. The van der Waals surface area contributed by atoms with Gasteiger partial charge in [0.15, 0.2) is 0 Å². The van der Waals surface area contributed by atoms with Gasteiger partial charge in [-0.2, -0.15) is 5.26 Å². The second-order valence-corrected chi connectivity index (χ2v) is 7.13. The zero-order valence-corrected chi connectivity index (χ0v) is 12.7. The number of hydrogen-bond donors (Lipinski definition) is 0. The molecule has 0 radical (unpaired) electrons. The summed E-state index contributed by atoms with van der Waals surface area (Å²) < 4.78 is 12.0. The molecule has 1 atom stereocenters. The highest BCUT2D eigenvalue weighted by molar-refractivity contribution is 7.84. The zero-order chi connectivity index (χ0) is 13.8. The molecule has 1 aromatic rings. The first-order valence-electron chi connectivity index (χ1n) is 5.55. The standard InChI is InChI=1S/C13H15Cl2NOS/c1-13(2,9-16)6-7-18(17)8-10-11(14)4-3-5-12(10)15/h3-5H,6-8H2,1-2H3. The van der Waals surface area contributed by atoms with Crippen LogP contribution in [0.15, 0.2) is 18.2 Å². The Morgan fingerprint density at radius 1 is 1.33 bits per heavy atom. The molecule has 0 fully saturated rings. The molecule has 18 heavy (non-hydrogen) atoms. The third kappa shape index (κ3) is 4.61. The molecule has 0 aliphatic carbocycles. The molecular formula is C13H15Cl2NOS. The highest BCUT2D eigenvalue weighted by Gasteiger charge is 2.18. The van der Waals surface area contributed by atoms with Crippen molar-refractivity contribution >= 4 is 34.0 Å². The number of rotatable bonds is 5. The molecule has 0 aliphatic heterocycles. The van der Waals surface area contributed by atoms with Crippen LogP contribution in [0.2, 0.25) is 10.0 Å². The van der Waals surface area contributed by atoms with Gasteiger partial charge in [-0.25, -0.2) is 0 Å². The summed E-state index contributed by atoms with van der Waals surface area (Å²) in [4.78, 5) is 0. The van der Waals surface area contributed by atoms with Crippen LogP contribution in [0.3, 0.4) is 0 Å². The fourth-order valence-electron chi connectivity index (χ4n) is 1.33. The summed E-state index contributed by atoms with van der Waals surface area (Å²) in [6.45, 7) is 3.68. The van der Waals surface area contributed by atoms with Gasteiger partial charge >= 0.3 is 0 Å². The molecule has 0 aliphatic rings. The molecule has 1 unspecified atom stereocenters. The minimum absolute atomic E-state index is 0.333. The highest BCUT2D eigenvalue weighted by Crippen LogP contribution is 2.26. The van der Waals surface area contributed by atoms with Crippen molar-refractivity contribution in [2.24, 2.45) is 5.41 Å². The monoisotopic (exact) mass is 303 g/mol. The number of benzene rings is 1. The Bertz CT molecular complexity index is 474. The van der Waals surface area contributed by atoms with Crippen LogP contribution in [0.25, 0.3) is 0 Å². The maximum atomic E-state index is 12.0. The van der Waals surface area contributed by atoms with Crippen LogP contribution >= 0.6 is 23.2 Å². The summed E-state index contributed by atoms with van der Waals surface area (Å²) >= 11 is 12.0. The first-order valence-corrected chi connectivity index (χ1v) is 7.79. The average Bonchev–Trinajstić information content (AvgIpc) is 2.32. The molecular weight excluding hydrogens is 289 g/mol. The molecule has 98 valence electrons. The van der Waals surface area contributed by atoms with Crippen molar-refractivity contribution in [3.8, 4) is 6.07 Å². The van der Waals surface area contributed by atoms with Gasteiger partial charge in [0.1, 0.15) is 0 Å². The number of nitrogens with zero attached hydrogens (tertiary/aromatic N) is 1. The van der Waals surface area contributed by atoms with Crippen molar-refractivity contribution in [3.63, 3.8) is 0 Å². The van der Waals surface area contributed by atoms with Gasteiger partial charge in [-0.05, 0) is 32.4 Å². The van der Waals surface area contributed by atoms with E-state index < -0.39 is 16.2 Å². The van der Waals surface area contributed by atoms with Gasteiger partial charge in [-0.15, -0.1) is 0 Å². The summed E-state index contributed by atoms with van der Waals surface area (Å²) in [7, 11) is -1.06. The summed E-state index contributed by atoms with van der Waals surface area (Å²) in [5, 5.41) is 9.97. The Kier molecular flexibility index (Phi) is 5.65. The Morgan fingerprint density at radius 3 is 2.39 bits per heavy atom. The molecule has 1 aromatic carbocycles. The SMILES string of the molecule is CC(C)(C#N)CCS(=O)Cc1c(Cl)cccc1Cl. The van der Waals surface area contributed by atoms with E-state index in [1.807, 2.05) is 13.8 Å².